The van der Waals surface area contributed by atoms with Crippen molar-refractivity contribution in [1.82, 2.24) is 0 Å². The van der Waals surface area contributed by atoms with Crippen molar-refractivity contribution in [2.24, 2.45) is 22.7 Å². The molecule has 0 N–H and O–H groups in total. The molecule has 39 heavy (non-hydrogen) atoms. The summed E-state index contributed by atoms with van der Waals surface area (Å²) in [7, 11) is 0. The van der Waals surface area contributed by atoms with E-state index in [1.165, 1.54) is 128 Å². The Hall–Kier alpha value is -0.0400. The number of unbranched alkanes of at least 4 members (excludes halogenated alkanes) is 16. The Morgan fingerprint density at radius 2 is 0.590 bits per heavy atom. The molecule has 0 aromatic carbocycles. The summed E-state index contributed by atoms with van der Waals surface area (Å²) in [6.45, 7) is 28.8. The Balaban J connectivity index is 4.94. The van der Waals surface area contributed by atoms with Crippen molar-refractivity contribution < 1.29 is 4.74 Å². The first-order valence-electron chi connectivity index (χ1n) is 17.8. The summed E-state index contributed by atoms with van der Waals surface area (Å²) in [5.41, 5.74) is 0.218. The van der Waals surface area contributed by atoms with Crippen molar-refractivity contribution in [3.63, 3.8) is 0 Å². The monoisotopic (exact) mass is 551 g/mol. The summed E-state index contributed by atoms with van der Waals surface area (Å²) in [6, 6.07) is 0. The highest BCUT2D eigenvalue weighted by molar-refractivity contribution is 4.94. The first-order valence-corrected chi connectivity index (χ1v) is 17.8. The van der Waals surface area contributed by atoms with E-state index in [0.717, 1.165) is 0 Å². The van der Waals surface area contributed by atoms with E-state index in [1.54, 1.807) is 0 Å². The van der Waals surface area contributed by atoms with Gasteiger partial charge in [-0.25, -0.2) is 0 Å². The van der Waals surface area contributed by atoms with Gasteiger partial charge < -0.3 is 4.74 Å². The average Bonchev–Trinajstić information content (AvgIpc) is 2.78. The third-order valence-corrected chi connectivity index (χ3v) is 9.49. The van der Waals surface area contributed by atoms with Gasteiger partial charge in [0.15, 0.2) is 0 Å². The van der Waals surface area contributed by atoms with Gasteiger partial charge in [0.25, 0.3) is 0 Å². The van der Waals surface area contributed by atoms with E-state index >= 15 is 0 Å². The Morgan fingerprint density at radius 3 is 0.821 bits per heavy atom. The molecule has 0 aliphatic rings. The fraction of sp³-hybridized carbons (Fsp3) is 1.00. The van der Waals surface area contributed by atoms with Crippen LogP contribution >= 0.6 is 0 Å². The Kier molecular flexibility index (Phi) is 19.9. The molecule has 0 heterocycles. The van der Waals surface area contributed by atoms with Crippen molar-refractivity contribution in [3.05, 3.63) is 0 Å². The van der Waals surface area contributed by atoms with E-state index in [2.05, 4.69) is 83.1 Å². The van der Waals surface area contributed by atoms with Crippen LogP contribution in [0.15, 0.2) is 0 Å². The Labute approximate surface area is 249 Å². The molecule has 0 rings (SSSR count). The number of rotatable bonds is 24. The van der Waals surface area contributed by atoms with Gasteiger partial charge in [-0.3, -0.25) is 0 Å². The molecule has 236 valence electrons. The summed E-state index contributed by atoms with van der Waals surface area (Å²) >= 11 is 0. The summed E-state index contributed by atoms with van der Waals surface area (Å²) in [6.07, 6.45) is 27.7. The predicted octanol–water partition coefficient (Wildman–Crippen LogP) is 13.7. The second kappa shape index (κ2) is 20.0. The molecule has 0 spiro atoms. The third kappa shape index (κ3) is 18.2. The molecule has 1 nitrogen and oxygen atoms in total. The average molecular weight is 551 g/mol. The molecule has 0 aromatic heterocycles. The van der Waals surface area contributed by atoms with Crippen LogP contribution in [0.2, 0.25) is 0 Å². The van der Waals surface area contributed by atoms with Crippen LogP contribution in [-0.2, 0) is 4.74 Å². The third-order valence-electron chi connectivity index (χ3n) is 9.49. The van der Waals surface area contributed by atoms with Crippen LogP contribution in [0.5, 0.6) is 0 Å². The van der Waals surface area contributed by atoms with Gasteiger partial charge in [0.2, 0.25) is 0 Å². The molecule has 0 aliphatic carbocycles. The molecule has 0 saturated carbocycles. The van der Waals surface area contributed by atoms with Gasteiger partial charge in [-0.15, -0.1) is 0 Å². The lowest BCUT2D eigenvalue weighted by Crippen LogP contribution is -2.52. The standard InChI is InChI=1S/C38H78O/c1-13-15-17-19-21-23-25-27-29-31-33(35(3,4)5)37(9,10)39-38(11,12)34(36(6,7)8)32-30-28-26-24-22-20-18-16-14-2/h33-34H,13-32H2,1-12H3. The van der Waals surface area contributed by atoms with E-state index < -0.39 is 0 Å². The summed E-state index contributed by atoms with van der Waals surface area (Å²) in [5.74, 6) is 1.12. The predicted molar refractivity (Wildman–Crippen MR) is 179 cm³/mol. The van der Waals surface area contributed by atoms with Gasteiger partial charge in [-0.1, -0.05) is 171 Å². The zero-order chi connectivity index (χ0) is 30.0. The van der Waals surface area contributed by atoms with Gasteiger partial charge in [-0.2, -0.15) is 0 Å². The molecule has 0 radical (unpaired) electrons. The van der Waals surface area contributed by atoms with Crippen molar-refractivity contribution in [2.75, 3.05) is 0 Å². The molecule has 0 fully saturated rings. The van der Waals surface area contributed by atoms with Gasteiger partial charge in [0.1, 0.15) is 0 Å². The zero-order valence-corrected chi connectivity index (χ0v) is 29.7. The van der Waals surface area contributed by atoms with Crippen molar-refractivity contribution in [1.29, 1.82) is 0 Å². The number of ether oxygens (including phenoxy) is 1. The quantitative estimate of drug-likeness (QED) is 0.109. The molecular formula is C38H78O. The lowest BCUT2D eigenvalue weighted by Gasteiger charge is -2.51. The van der Waals surface area contributed by atoms with Crippen LogP contribution in [0.4, 0.5) is 0 Å². The highest BCUT2D eigenvalue weighted by Crippen LogP contribution is 2.47. The van der Waals surface area contributed by atoms with Crippen molar-refractivity contribution >= 4 is 0 Å². The minimum atomic E-state index is -0.135. The number of hydrogen-bond acceptors (Lipinski definition) is 1. The van der Waals surface area contributed by atoms with Gasteiger partial charge in [0.05, 0.1) is 11.2 Å². The minimum Gasteiger partial charge on any atom is -0.369 e. The molecule has 0 aromatic rings. The van der Waals surface area contributed by atoms with Crippen LogP contribution in [0.25, 0.3) is 0 Å². The molecule has 2 unspecified atom stereocenters. The normalized spacial score (nSPS) is 15.1. The van der Waals surface area contributed by atoms with E-state index in [-0.39, 0.29) is 22.0 Å². The van der Waals surface area contributed by atoms with Gasteiger partial charge in [0, 0.05) is 0 Å². The van der Waals surface area contributed by atoms with E-state index in [0.29, 0.717) is 11.8 Å². The van der Waals surface area contributed by atoms with Crippen LogP contribution in [0, 0.1) is 22.7 Å². The maximum Gasteiger partial charge on any atom is 0.0666 e. The Bertz CT molecular complexity index is 508. The van der Waals surface area contributed by atoms with Crippen molar-refractivity contribution in [3.8, 4) is 0 Å². The van der Waals surface area contributed by atoms with Crippen LogP contribution < -0.4 is 0 Å². The topological polar surface area (TPSA) is 9.23 Å². The maximum atomic E-state index is 7.27. The smallest absolute Gasteiger partial charge is 0.0666 e. The molecule has 2 atom stereocenters. The summed E-state index contributed by atoms with van der Waals surface area (Å²) in [5, 5.41) is 0. The lowest BCUT2D eigenvalue weighted by atomic mass is 9.67. The molecule has 0 saturated heterocycles. The molecule has 0 bridgehead atoms. The SMILES string of the molecule is CCCCCCCCCCCC(C(C)(C)C)C(C)(C)OC(C)(C)C(CCCCCCCCCCC)C(C)(C)C. The lowest BCUT2D eigenvalue weighted by molar-refractivity contribution is -0.203. The van der Waals surface area contributed by atoms with Gasteiger partial charge in [-0.05, 0) is 63.2 Å². The van der Waals surface area contributed by atoms with Gasteiger partial charge >= 0.3 is 0 Å². The first kappa shape index (κ1) is 39.0. The van der Waals surface area contributed by atoms with Crippen LogP contribution in [0.3, 0.4) is 0 Å². The van der Waals surface area contributed by atoms with Crippen LogP contribution in [0.1, 0.15) is 212 Å². The molecule has 1 heteroatoms. The molecule has 0 amide bonds. The van der Waals surface area contributed by atoms with E-state index in [1.807, 2.05) is 0 Å². The first-order chi connectivity index (χ1) is 18.1. The maximum absolute atomic E-state index is 7.27. The van der Waals surface area contributed by atoms with E-state index in [9.17, 15) is 0 Å². The molecular weight excluding hydrogens is 472 g/mol. The fourth-order valence-corrected chi connectivity index (χ4v) is 7.79. The van der Waals surface area contributed by atoms with E-state index in [4.69, 9.17) is 4.74 Å². The second-order valence-corrected chi connectivity index (χ2v) is 16.4. The minimum absolute atomic E-state index is 0.135. The second-order valence-electron chi connectivity index (χ2n) is 16.4. The molecule has 0 aliphatic heterocycles. The Morgan fingerprint density at radius 1 is 0.359 bits per heavy atom. The largest absolute Gasteiger partial charge is 0.369 e. The zero-order valence-electron chi connectivity index (χ0n) is 29.7. The number of hydrogen-bond donors (Lipinski definition) is 0. The summed E-state index contributed by atoms with van der Waals surface area (Å²) in [4.78, 5) is 0. The highest BCUT2D eigenvalue weighted by atomic mass is 16.5. The summed E-state index contributed by atoms with van der Waals surface area (Å²) < 4.78 is 7.27. The highest BCUT2D eigenvalue weighted by Gasteiger charge is 2.46. The van der Waals surface area contributed by atoms with Crippen molar-refractivity contribution in [2.45, 2.75) is 223 Å². The fourth-order valence-electron chi connectivity index (χ4n) is 7.79. The van der Waals surface area contributed by atoms with Crippen LogP contribution in [-0.4, -0.2) is 11.2 Å².